The van der Waals surface area contributed by atoms with E-state index in [0.29, 0.717) is 28.9 Å². The lowest BCUT2D eigenvalue weighted by atomic mass is 9.93. The van der Waals surface area contributed by atoms with Crippen molar-refractivity contribution >= 4 is 46.2 Å². The number of anilines is 2. The summed E-state index contributed by atoms with van der Waals surface area (Å²) in [5, 5.41) is 8.23. The number of nitrogens with one attached hydrogen (secondary N) is 1. The highest BCUT2D eigenvalue weighted by Crippen LogP contribution is 2.37. The summed E-state index contributed by atoms with van der Waals surface area (Å²) in [7, 11) is 0. The number of carbonyl (C=O) groups is 4. The van der Waals surface area contributed by atoms with Crippen molar-refractivity contribution in [3.8, 4) is 22.8 Å². The smallest absolute Gasteiger partial charge is 0.262 e. The Morgan fingerprint density at radius 2 is 1.51 bits per heavy atom. The Kier molecular flexibility index (Phi) is 10.4. The van der Waals surface area contributed by atoms with Crippen LogP contribution in [0.15, 0.2) is 79.1 Å². The molecule has 314 valence electrons. The maximum absolute atomic E-state index is 13.4. The number of amides is 4. The van der Waals surface area contributed by atoms with Crippen molar-refractivity contribution in [2.75, 3.05) is 56.4 Å². The molecule has 15 nitrogen and oxygen atoms in total. The van der Waals surface area contributed by atoms with E-state index in [1.807, 2.05) is 60.7 Å². The zero-order chi connectivity index (χ0) is 41.6. The van der Waals surface area contributed by atoms with Gasteiger partial charge in [0.15, 0.2) is 5.65 Å². The number of hydrogen-bond acceptors (Lipinski definition) is 12. The van der Waals surface area contributed by atoms with E-state index in [4.69, 9.17) is 20.6 Å². The van der Waals surface area contributed by atoms with E-state index in [9.17, 15) is 19.2 Å². The van der Waals surface area contributed by atoms with Crippen LogP contribution in [0.25, 0.3) is 22.3 Å². The van der Waals surface area contributed by atoms with Crippen LogP contribution >= 0.6 is 0 Å². The molecule has 2 aromatic heterocycles. The number of fused-ring (bicyclic) bond motifs is 2. The number of likely N-dealkylation sites (tertiary alicyclic amines) is 2. The minimum Gasteiger partial charge on any atom is -0.457 e. The number of piperidine rings is 4. The molecule has 5 aliphatic heterocycles. The van der Waals surface area contributed by atoms with Gasteiger partial charge in [0.1, 0.15) is 35.4 Å². The lowest BCUT2D eigenvalue weighted by molar-refractivity contribution is -0.136. The number of aromatic nitrogens is 4. The Balaban J connectivity index is 0.731. The summed E-state index contributed by atoms with van der Waals surface area (Å²) in [5.74, 6) is 0.638. The summed E-state index contributed by atoms with van der Waals surface area (Å²) >= 11 is 0. The van der Waals surface area contributed by atoms with Gasteiger partial charge in [0, 0.05) is 49.9 Å². The number of rotatable bonds is 9. The normalized spacial score (nSPS) is 22.2. The largest absolute Gasteiger partial charge is 0.457 e. The monoisotopic (exact) mass is 822 g/mol. The van der Waals surface area contributed by atoms with Crippen LogP contribution in [0.4, 0.5) is 11.5 Å². The van der Waals surface area contributed by atoms with E-state index >= 15 is 0 Å². The molecule has 5 aliphatic rings. The average molecular weight is 823 g/mol. The van der Waals surface area contributed by atoms with Crippen molar-refractivity contribution in [3.05, 3.63) is 90.3 Å². The number of carbonyl (C=O) groups excluding carboxylic acids is 4. The molecule has 4 fully saturated rings. The van der Waals surface area contributed by atoms with Gasteiger partial charge in [-0.2, -0.15) is 5.10 Å². The first kappa shape index (κ1) is 39.0. The van der Waals surface area contributed by atoms with Crippen molar-refractivity contribution in [2.24, 2.45) is 5.92 Å². The van der Waals surface area contributed by atoms with E-state index in [1.54, 1.807) is 12.1 Å². The first-order valence-electron chi connectivity index (χ1n) is 21.7. The molecule has 7 heterocycles. The van der Waals surface area contributed by atoms with Crippen molar-refractivity contribution in [1.29, 1.82) is 0 Å². The summed E-state index contributed by atoms with van der Waals surface area (Å²) in [4.78, 5) is 68.4. The lowest BCUT2D eigenvalue weighted by Gasteiger charge is -2.43. The maximum atomic E-state index is 13.4. The van der Waals surface area contributed by atoms with E-state index in [-0.39, 0.29) is 24.8 Å². The molecule has 0 radical (unpaired) electrons. The molecule has 0 spiro atoms. The second-order valence-electron chi connectivity index (χ2n) is 17.1. The van der Waals surface area contributed by atoms with Gasteiger partial charge in [-0.05, 0) is 125 Å². The van der Waals surface area contributed by atoms with Gasteiger partial charge in [-0.3, -0.25) is 34.3 Å². The van der Waals surface area contributed by atoms with Crippen molar-refractivity contribution in [2.45, 2.75) is 69.5 Å². The molecule has 10 rings (SSSR count). The summed E-state index contributed by atoms with van der Waals surface area (Å²) in [6.07, 6.45) is 8.30. The maximum Gasteiger partial charge on any atom is 0.262 e. The zero-order valence-corrected chi connectivity index (χ0v) is 34.1. The van der Waals surface area contributed by atoms with E-state index in [0.717, 1.165) is 129 Å². The molecule has 5 aromatic rings. The van der Waals surface area contributed by atoms with Crippen molar-refractivity contribution in [3.63, 3.8) is 0 Å². The van der Waals surface area contributed by atoms with Crippen LogP contribution in [0.3, 0.4) is 0 Å². The zero-order valence-electron chi connectivity index (χ0n) is 34.1. The molecule has 3 aromatic carbocycles. The number of nitrogens with zero attached hydrogens (tertiary/aromatic N) is 8. The van der Waals surface area contributed by atoms with Crippen LogP contribution in [-0.4, -0.2) is 116 Å². The van der Waals surface area contributed by atoms with Gasteiger partial charge in [0.2, 0.25) is 11.8 Å². The summed E-state index contributed by atoms with van der Waals surface area (Å²) < 4.78 is 8.13. The molecule has 4 amide bonds. The number of nitrogens with two attached hydrogens (primary N) is 1. The topological polar surface area (TPSA) is 172 Å². The molecule has 3 N–H and O–H groups in total. The van der Waals surface area contributed by atoms with Gasteiger partial charge in [-0.15, -0.1) is 0 Å². The summed E-state index contributed by atoms with van der Waals surface area (Å²) in [6.45, 7) is 7.01. The molecule has 4 saturated heterocycles. The van der Waals surface area contributed by atoms with E-state index in [2.05, 4.69) is 29.7 Å². The Morgan fingerprint density at radius 1 is 0.754 bits per heavy atom. The second-order valence-corrected chi connectivity index (χ2v) is 17.1. The molecule has 61 heavy (non-hydrogen) atoms. The predicted molar refractivity (Wildman–Crippen MR) is 229 cm³/mol. The van der Waals surface area contributed by atoms with Crippen LogP contribution < -0.4 is 20.7 Å². The SMILES string of the molecule is Nc1ncnc2c1c(-c1ccc(Oc3ccccc3)cc1)nn2[C@@H]1CCCN(C2CCN(CC3CCN(c4ccc5c(c4)C(=O)N(C4CCC(=O)NC4=O)C5=O)CC3)CC2)C1. The fourth-order valence-corrected chi connectivity index (χ4v) is 10.1. The molecular weight excluding hydrogens is 773 g/mol. The molecule has 0 saturated carbocycles. The fourth-order valence-electron chi connectivity index (χ4n) is 10.1. The number of para-hydroxylation sites is 1. The minimum absolute atomic E-state index is 0.101. The molecule has 2 atom stereocenters. The van der Waals surface area contributed by atoms with Crippen LogP contribution in [0.1, 0.15) is 78.1 Å². The fraction of sp³-hybridized carbons (Fsp3) is 0.413. The van der Waals surface area contributed by atoms with Crippen LogP contribution in [0.5, 0.6) is 11.5 Å². The predicted octanol–water partition coefficient (Wildman–Crippen LogP) is 5.29. The molecule has 0 bridgehead atoms. The second kappa shape index (κ2) is 16.3. The standard InChI is InChI=1S/C46H50N10O5/c47-42-40-41(30-8-11-35(12-9-30)61-34-6-2-1-3-7-34)51-56(43(40)49-28-48-42)33-5-4-20-54(27-33)31-18-21-52(22-19-31)26-29-16-23-53(24-17-29)32-10-13-36-37(25-32)46(60)55(45(36)59)38-14-15-39(57)50-44(38)58/h1-3,6-13,25,28-29,31,33,38H,4-5,14-24,26-27H2,(H2,47,48,49)(H,50,57,58)/t33-,38?/m1/s1. The first-order chi connectivity index (χ1) is 29.8. The quantitative estimate of drug-likeness (QED) is 0.185. The van der Waals surface area contributed by atoms with Gasteiger partial charge < -0.3 is 20.3 Å². The Labute approximate surface area is 353 Å². The Hall–Kier alpha value is -6.19. The van der Waals surface area contributed by atoms with Gasteiger partial charge in [-0.25, -0.2) is 14.6 Å². The average Bonchev–Trinajstić information content (AvgIpc) is 3.80. The Morgan fingerprint density at radius 3 is 2.28 bits per heavy atom. The third kappa shape index (κ3) is 7.61. The van der Waals surface area contributed by atoms with Gasteiger partial charge in [-0.1, -0.05) is 18.2 Å². The molecule has 15 heteroatoms. The highest BCUT2D eigenvalue weighted by Gasteiger charge is 2.45. The lowest BCUT2D eigenvalue weighted by Crippen LogP contribution is -2.54. The number of hydrogen-bond donors (Lipinski definition) is 2. The van der Waals surface area contributed by atoms with E-state index in [1.165, 1.54) is 6.33 Å². The third-order valence-corrected chi connectivity index (χ3v) is 13.4. The number of ether oxygens (including phenoxy) is 1. The molecular formula is C46H50N10O5. The highest BCUT2D eigenvalue weighted by atomic mass is 16.5. The number of imide groups is 2. The first-order valence-corrected chi connectivity index (χ1v) is 21.7. The van der Waals surface area contributed by atoms with Gasteiger partial charge >= 0.3 is 0 Å². The number of benzene rings is 3. The number of nitrogen functional groups attached to an aromatic ring is 1. The van der Waals surface area contributed by atoms with Crippen molar-refractivity contribution < 1.29 is 23.9 Å². The summed E-state index contributed by atoms with van der Waals surface area (Å²) in [6, 6.07) is 22.8. The van der Waals surface area contributed by atoms with Crippen LogP contribution in [-0.2, 0) is 9.59 Å². The van der Waals surface area contributed by atoms with Gasteiger partial charge in [0.05, 0.1) is 22.6 Å². The third-order valence-electron chi connectivity index (χ3n) is 13.4. The van der Waals surface area contributed by atoms with Crippen LogP contribution in [0, 0.1) is 5.92 Å². The summed E-state index contributed by atoms with van der Waals surface area (Å²) in [5.41, 5.74) is 10.6. The Bertz CT molecular complexity index is 2480. The van der Waals surface area contributed by atoms with Gasteiger partial charge in [0.25, 0.3) is 11.8 Å². The minimum atomic E-state index is -0.962. The molecule has 0 aliphatic carbocycles. The highest BCUT2D eigenvalue weighted by molar-refractivity contribution is 6.23. The molecule has 1 unspecified atom stereocenters. The van der Waals surface area contributed by atoms with Crippen molar-refractivity contribution in [1.82, 2.24) is 39.8 Å². The van der Waals surface area contributed by atoms with E-state index < -0.39 is 23.8 Å². The van der Waals surface area contributed by atoms with Crippen LogP contribution in [0.2, 0.25) is 0 Å².